The largest absolute Gasteiger partial charge is 0.392 e. The summed E-state index contributed by atoms with van der Waals surface area (Å²) < 4.78 is 39.7. The van der Waals surface area contributed by atoms with Crippen LogP contribution in [0.15, 0.2) is 15.9 Å². The van der Waals surface area contributed by atoms with E-state index in [2.05, 4.69) is 15.9 Å². The Bertz CT molecular complexity index is 455. The number of thiophene rings is 1. The Labute approximate surface area is 122 Å². The minimum atomic E-state index is -4.26. The minimum absolute atomic E-state index is 0.0888. The van der Waals surface area contributed by atoms with Crippen LogP contribution in [0.3, 0.4) is 0 Å². The molecule has 106 valence electrons. The van der Waals surface area contributed by atoms with E-state index in [9.17, 15) is 18.0 Å². The van der Waals surface area contributed by atoms with Crippen LogP contribution in [0.1, 0.15) is 30.6 Å². The van der Waals surface area contributed by atoms with E-state index in [4.69, 9.17) is 0 Å². The molecule has 1 aliphatic rings. The second kappa shape index (κ2) is 5.95. The molecule has 1 aromatic heterocycles. The molecule has 0 N–H and O–H groups in total. The number of carbonyl (C=O) groups excluding carboxylic acids is 1. The van der Waals surface area contributed by atoms with E-state index in [1.807, 2.05) is 11.4 Å². The molecule has 0 aromatic carbocycles. The first-order valence-electron chi connectivity index (χ1n) is 6.21. The molecule has 0 saturated heterocycles. The smallest absolute Gasteiger partial charge is 0.299 e. The van der Waals surface area contributed by atoms with Gasteiger partial charge in [-0.05, 0) is 40.2 Å². The van der Waals surface area contributed by atoms with Crippen molar-refractivity contribution >= 4 is 33.0 Å². The Morgan fingerprint density at radius 1 is 1.37 bits per heavy atom. The predicted octanol–water partition coefficient (Wildman–Crippen LogP) is 4.99. The van der Waals surface area contributed by atoms with Gasteiger partial charge >= 0.3 is 6.18 Å². The van der Waals surface area contributed by atoms with Crippen LogP contribution >= 0.6 is 27.3 Å². The van der Waals surface area contributed by atoms with Crippen LogP contribution in [0, 0.1) is 11.8 Å². The minimum Gasteiger partial charge on any atom is -0.299 e. The summed E-state index contributed by atoms with van der Waals surface area (Å²) in [4.78, 5) is 13.0. The first-order chi connectivity index (χ1) is 8.89. The molecule has 2 rings (SSSR count). The van der Waals surface area contributed by atoms with Crippen molar-refractivity contribution in [2.24, 2.45) is 11.8 Å². The number of ketones is 1. The van der Waals surface area contributed by atoms with E-state index in [1.54, 1.807) is 0 Å². The summed E-state index contributed by atoms with van der Waals surface area (Å²) in [5.74, 6) is -2.58. The van der Waals surface area contributed by atoms with E-state index < -0.39 is 18.0 Å². The van der Waals surface area contributed by atoms with Crippen molar-refractivity contribution in [2.45, 2.75) is 38.3 Å². The summed E-state index contributed by atoms with van der Waals surface area (Å²) in [5, 5.41) is 1.83. The lowest BCUT2D eigenvalue weighted by Gasteiger charge is -2.31. The second-order valence-corrected chi connectivity index (χ2v) is 6.73. The Morgan fingerprint density at radius 2 is 2.05 bits per heavy atom. The number of hydrogen-bond acceptors (Lipinski definition) is 2. The molecule has 1 aliphatic carbocycles. The highest BCUT2D eigenvalue weighted by Crippen LogP contribution is 2.42. The summed E-state index contributed by atoms with van der Waals surface area (Å²) in [7, 11) is 0. The van der Waals surface area contributed by atoms with Crippen molar-refractivity contribution in [3.63, 3.8) is 0 Å². The number of hydrogen-bond donors (Lipinski definition) is 0. The van der Waals surface area contributed by atoms with Gasteiger partial charge in [0.05, 0.1) is 5.92 Å². The maximum absolute atomic E-state index is 13.0. The van der Waals surface area contributed by atoms with Crippen molar-refractivity contribution in [3.8, 4) is 0 Å². The molecule has 0 amide bonds. The number of alkyl halides is 3. The van der Waals surface area contributed by atoms with Gasteiger partial charge in [0.15, 0.2) is 0 Å². The van der Waals surface area contributed by atoms with Gasteiger partial charge in [0, 0.05) is 21.7 Å². The highest BCUT2D eigenvalue weighted by atomic mass is 79.9. The Kier molecular flexibility index (Phi) is 4.71. The topological polar surface area (TPSA) is 17.1 Å². The lowest BCUT2D eigenvalue weighted by Crippen LogP contribution is -2.37. The second-order valence-electron chi connectivity index (χ2n) is 4.87. The molecule has 1 saturated carbocycles. The van der Waals surface area contributed by atoms with Gasteiger partial charge in [-0.1, -0.05) is 12.8 Å². The van der Waals surface area contributed by atoms with Crippen LogP contribution in [0.4, 0.5) is 13.2 Å². The quantitative estimate of drug-likeness (QED) is 0.747. The van der Waals surface area contributed by atoms with Gasteiger partial charge in [-0.3, -0.25) is 4.79 Å². The molecule has 2 atom stereocenters. The molecule has 19 heavy (non-hydrogen) atoms. The molecule has 1 aromatic rings. The number of halogens is 4. The standard InChI is InChI=1S/C13H14BrF3OS/c14-10-5-6-19-12(10)7-11(18)8-3-1-2-4-9(8)13(15,16)17/h5-6,8-9H,1-4,7H2. The Hall–Kier alpha value is -0.360. The lowest BCUT2D eigenvalue weighted by molar-refractivity contribution is -0.197. The van der Waals surface area contributed by atoms with Crippen molar-refractivity contribution in [3.05, 3.63) is 20.8 Å². The highest BCUT2D eigenvalue weighted by Gasteiger charge is 2.47. The van der Waals surface area contributed by atoms with Gasteiger partial charge < -0.3 is 0 Å². The summed E-state index contributed by atoms with van der Waals surface area (Å²) in [6.45, 7) is 0. The zero-order chi connectivity index (χ0) is 14.0. The third kappa shape index (κ3) is 3.60. The maximum atomic E-state index is 13.0. The molecule has 0 spiro atoms. The van der Waals surface area contributed by atoms with Crippen molar-refractivity contribution < 1.29 is 18.0 Å². The van der Waals surface area contributed by atoms with Crippen molar-refractivity contribution in [1.82, 2.24) is 0 Å². The van der Waals surface area contributed by atoms with Crippen LogP contribution in [-0.4, -0.2) is 12.0 Å². The third-order valence-electron chi connectivity index (χ3n) is 3.63. The predicted molar refractivity (Wildman–Crippen MR) is 72.2 cm³/mol. The van der Waals surface area contributed by atoms with Gasteiger partial charge in [0.1, 0.15) is 5.78 Å². The fourth-order valence-corrected chi connectivity index (χ4v) is 4.15. The van der Waals surface area contributed by atoms with Gasteiger partial charge in [-0.2, -0.15) is 13.2 Å². The van der Waals surface area contributed by atoms with Gasteiger partial charge in [-0.15, -0.1) is 11.3 Å². The van der Waals surface area contributed by atoms with Gasteiger partial charge in [0.2, 0.25) is 0 Å². The van der Waals surface area contributed by atoms with E-state index in [-0.39, 0.29) is 18.6 Å². The van der Waals surface area contributed by atoms with Crippen LogP contribution in [0.2, 0.25) is 0 Å². The average molecular weight is 355 g/mol. The molecular weight excluding hydrogens is 341 g/mol. The van der Waals surface area contributed by atoms with Crippen LogP contribution in [0.25, 0.3) is 0 Å². The lowest BCUT2D eigenvalue weighted by atomic mass is 9.76. The molecule has 0 bridgehead atoms. The van der Waals surface area contributed by atoms with E-state index >= 15 is 0 Å². The fourth-order valence-electron chi connectivity index (χ4n) is 2.65. The summed E-state index contributed by atoms with van der Waals surface area (Å²) in [6.07, 6.45) is -2.41. The van der Waals surface area contributed by atoms with Gasteiger partial charge in [0.25, 0.3) is 0 Å². The van der Waals surface area contributed by atoms with Crippen LogP contribution < -0.4 is 0 Å². The molecule has 6 heteroatoms. The highest BCUT2D eigenvalue weighted by molar-refractivity contribution is 9.10. The summed E-state index contributed by atoms with van der Waals surface area (Å²) >= 11 is 4.71. The monoisotopic (exact) mass is 354 g/mol. The SMILES string of the molecule is O=C(Cc1sccc1Br)C1CCCCC1C(F)(F)F. The number of Topliss-reactive ketones (excluding diaryl/α,β-unsaturated/α-hetero) is 1. The first-order valence-corrected chi connectivity index (χ1v) is 7.88. The van der Waals surface area contributed by atoms with Crippen LogP contribution in [-0.2, 0) is 11.2 Å². The van der Waals surface area contributed by atoms with Gasteiger partial charge in [-0.25, -0.2) is 0 Å². The van der Waals surface area contributed by atoms with Crippen molar-refractivity contribution in [1.29, 1.82) is 0 Å². The molecule has 1 fully saturated rings. The average Bonchev–Trinajstić information content (AvgIpc) is 2.74. The molecule has 2 unspecified atom stereocenters. The molecule has 0 radical (unpaired) electrons. The Balaban J connectivity index is 2.10. The zero-order valence-corrected chi connectivity index (χ0v) is 12.6. The maximum Gasteiger partial charge on any atom is 0.392 e. The summed E-state index contributed by atoms with van der Waals surface area (Å²) in [6, 6.07) is 1.81. The summed E-state index contributed by atoms with van der Waals surface area (Å²) in [5.41, 5.74) is 0. The van der Waals surface area contributed by atoms with Crippen molar-refractivity contribution in [2.75, 3.05) is 0 Å². The zero-order valence-electron chi connectivity index (χ0n) is 10.2. The number of carbonyl (C=O) groups is 1. The third-order valence-corrected chi connectivity index (χ3v) is 5.55. The molecule has 1 nitrogen and oxygen atoms in total. The Morgan fingerprint density at radius 3 is 2.63 bits per heavy atom. The van der Waals surface area contributed by atoms with Crippen LogP contribution in [0.5, 0.6) is 0 Å². The number of rotatable bonds is 3. The van der Waals surface area contributed by atoms with E-state index in [0.717, 1.165) is 9.35 Å². The van der Waals surface area contributed by atoms with E-state index in [0.29, 0.717) is 19.3 Å². The molecular formula is C13H14BrF3OS. The molecule has 1 heterocycles. The fraction of sp³-hybridized carbons (Fsp3) is 0.615. The normalized spacial score (nSPS) is 24.4. The first kappa shape index (κ1) is 15.0. The molecule has 0 aliphatic heterocycles. The van der Waals surface area contributed by atoms with E-state index in [1.165, 1.54) is 11.3 Å².